The van der Waals surface area contributed by atoms with E-state index in [-0.39, 0.29) is 56.0 Å². The van der Waals surface area contributed by atoms with E-state index in [1.807, 2.05) is 55.4 Å². The van der Waals surface area contributed by atoms with E-state index >= 15 is 19.2 Å². The predicted octanol–water partition coefficient (Wildman–Crippen LogP) is 3.68. The third-order valence-corrected chi connectivity index (χ3v) is 18.8. The number of fused-ring (bicyclic) bond motifs is 1. The van der Waals surface area contributed by atoms with Crippen LogP contribution < -0.4 is 21.3 Å². The number of hydrogen-bond donors (Lipinski definition) is 4. The minimum atomic E-state index is -1.37. The van der Waals surface area contributed by atoms with Crippen molar-refractivity contribution in [2.45, 2.75) is 254 Å². The Morgan fingerprint density at radius 1 is 0.489 bits per heavy atom. The fourth-order valence-corrected chi connectivity index (χ4v) is 12.6. The monoisotopic (exact) mass is 1330 g/mol. The molecule has 3 heterocycles. The van der Waals surface area contributed by atoms with Crippen LogP contribution in [0.5, 0.6) is 0 Å². The number of carbonyl (C=O) groups excluding carboxylic acids is 11. The fraction of sp³-hybridized carbons (Fsp3) is 0.838. The van der Waals surface area contributed by atoms with E-state index in [0.29, 0.717) is 26.1 Å². The molecule has 3 aliphatic heterocycles. The first kappa shape index (κ1) is 82.2. The number of hydrogen-bond acceptors (Lipinski definition) is 15. The molecular weight excluding hydrogens is 1210 g/mol. The van der Waals surface area contributed by atoms with Gasteiger partial charge in [0.05, 0.1) is 19.3 Å². The van der Waals surface area contributed by atoms with Gasteiger partial charge in [0.1, 0.15) is 66.5 Å². The van der Waals surface area contributed by atoms with Crippen LogP contribution in [0.2, 0.25) is 0 Å². The highest BCUT2D eigenvalue weighted by Crippen LogP contribution is 2.34. The first-order valence-corrected chi connectivity index (χ1v) is 34.6. The molecule has 538 valence electrons. The summed E-state index contributed by atoms with van der Waals surface area (Å²) < 4.78 is 11.9. The van der Waals surface area contributed by atoms with Crippen molar-refractivity contribution in [2.24, 2.45) is 35.5 Å². The number of hydroxylamine groups is 2. The maximum atomic E-state index is 15.2. The molecule has 0 aromatic carbocycles. The summed E-state index contributed by atoms with van der Waals surface area (Å²) in [6.45, 7) is 33.9. The molecule has 0 saturated carbocycles. The van der Waals surface area contributed by atoms with Gasteiger partial charge in [-0.1, -0.05) is 103 Å². The average molecular weight is 1330 g/mol. The number of amides is 11. The normalized spacial score (nSPS) is 28.6. The van der Waals surface area contributed by atoms with E-state index in [2.05, 4.69) is 26.2 Å². The zero-order chi connectivity index (χ0) is 71.5. The number of nitrogens with one attached hydrogen (secondary N) is 4. The number of unbranched alkanes of at least 4 members (excludes halogenated alkanes) is 2. The molecule has 26 heteroatoms. The van der Waals surface area contributed by atoms with Crippen molar-refractivity contribution in [3.8, 4) is 0 Å². The summed E-state index contributed by atoms with van der Waals surface area (Å²) in [4.78, 5) is 179. The van der Waals surface area contributed by atoms with E-state index in [0.717, 1.165) is 44.0 Å². The Morgan fingerprint density at radius 3 is 1.52 bits per heavy atom. The Morgan fingerprint density at radius 2 is 1.00 bits per heavy atom. The molecule has 94 heavy (non-hydrogen) atoms. The van der Waals surface area contributed by atoms with Crippen molar-refractivity contribution in [1.82, 2.24) is 60.6 Å². The maximum absolute atomic E-state index is 15.2. The number of likely N-dealkylation sites (N-methyl/N-ethyl adjacent to an activating group) is 6. The number of rotatable bonds is 20. The van der Waals surface area contributed by atoms with E-state index in [4.69, 9.17) is 14.3 Å². The van der Waals surface area contributed by atoms with Gasteiger partial charge in [-0.05, 0) is 115 Å². The fourth-order valence-electron chi connectivity index (χ4n) is 12.6. The van der Waals surface area contributed by atoms with Crippen molar-refractivity contribution >= 4 is 65.0 Å². The average Bonchev–Trinajstić information content (AvgIpc) is 0.757. The summed E-state index contributed by atoms with van der Waals surface area (Å²) in [6, 6.07) is -13.5. The van der Waals surface area contributed by atoms with Gasteiger partial charge < -0.3 is 60.1 Å². The molecular formula is C68H122N12O14. The largest absolute Gasteiger partial charge is 0.379 e. The Hall–Kier alpha value is -5.99. The molecule has 3 saturated heterocycles. The lowest BCUT2D eigenvalue weighted by Gasteiger charge is -2.50. The Kier molecular flexibility index (Phi) is 33.3. The molecule has 4 N–H and O–H groups in total. The molecule has 0 aromatic rings. The van der Waals surface area contributed by atoms with Crippen LogP contribution in [0.1, 0.15) is 175 Å². The molecule has 0 radical (unpaired) electrons. The standard InChI is InChI=1S/C68H122N12O14/c1-24-26-29-44(13)57-56-61(84)71-49(25-2)64(87)73(18)47(16)63(86)78(23)55(48(17)93-33-28-27-30-79-31-34-92-35-32-79)60(83)72-53(42(9)10)67(90)74(19)50(36-39(3)4)59(82)69-45(14)58(81)70-46(15)62(85)75(20)51(37-40(5)6)65(88)76(21)52(38-41(7)8)66(89)77(22)54(43(11)12)68(91)80(56)94-57/h39-57H,24-38H2,1-23H3,(H,69,82)(H,70,81)(H,71,84)(H,72,83)/t44-,45+,46-,47-,48-,49+,50+,51+,52+,53+,54+,55?,56+,57-/m1/s1. The summed E-state index contributed by atoms with van der Waals surface area (Å²) >= 11 is 0. The van der Waals surface area contributed by atoms with Crippen molar-refractivity contribution in [2.75, 3.05) is 81.7 Å². The van der Waals surface area contributed by atoms with Crippen molar-refractivity contribution in [1.29, 1.82) is 0 Å². The zero-order valence-electron chi connectivity index (χ0n) is 61.4. The summed E-state index contributed by atoms with van der Waals surface area (Å²) in [5.41, 5.74) is 0. The molecule has 3 rings (SSSR count). The lowest BCUT2D eigenvalue weighted by Crippen LogP contribution is -2.72. The molecule has 0 aromatic heterocycles. The van der Waals surface area contributed by atoms with E-state index in [1.54, 1.807) is 41.5 Å². The second kappa shape index (κ2) is 38.1. The topological polar surface area (TPSA) is 289 Å². The predicted molar refractivity (Wildman–Crippen MR) is 359 cm³/mol. The van der Waals surface area contributed by atoms with Gasteiger partial charge in [-0.3, -0.25) is 62.5 Å². The quantitative estimate of drug-likeness (QED) is 0.127. The number of morpholine rings is 1. The number of nitrogens with zero attached hydrogens (tertiary/aromatic N) is 8. The van der Waals surface area contributed by atoms with Crippen LogP contribution >= 0.6 is 0 Å². The molecule has 3 aliphatic rings. The number of carbonyl (C=O) groups is 11. The Balaban J connectivity index is 2.28. The summed E-state index contributed by atoms with van der Waals surface area (Å²) in [5, 5.41) is 12.2. The van der Waals surface area contributed by atoms with E-state index < -0.39 is 155 Å². The lowest BCUT2D eigenvalue weighted by molar-refractivity contribution is -0.322. The zero-order valence-corrected chi connectivity index (χ0v) is 61.4. The van der Waals surface area contributed by atoms with Gasteiger partial charge in [0, 0.05) is 62.0 Å². The van der Waals surface area contributed by atoms with Crippen LogP contribution in [0.4, 0.5) is 0 Å². The Bertz CT molecular complexity index is 2550. The first-order valence-electron chi connectivity index (χ1n) is 34.6. The summed E-state index contributed by atoms with van der Waals surface area (Å²) in [7, 11) is 8.69. The van der Waals surface area contributed by atoms with Gasteiger partial charge in [0.25, 0.3) is 5.91 Å². The van der Waals surface area contributed by atoms with Crippen LogP contribution in [0.25, 0.3) is 0 Å². The maximum Gasteiger partial charge on any atom is 0.270 e. The van der Waals surface area contributed by atoms with Crippen molar-refractivity contribution in [3.05, 3.63) is 0 Å². The smallest absolute Gasteiger partial charge is 0.270 e. The highest BCUT2D eigenvalue weighted by molar-refractivity contribution is 6.00. The van der Waals surface area contributed by atoms with Gasteiger partial charge in [-0.2, -0.15) is 0 Å². The second-order valence-electron chi connectivity index (χ2n) is 28.6. The molecule has 1 unspecified atom stereocenters. The van der Waals surface area contributed by atoms with Crippen molar-refractivity contribution in [3.63, 3.8) is 0 Å². The molecule has 3 fully saturated rings. The molecule has 14 atom stereocenters. The minimum Gasteiger partial charge on any atom is -0.379 e. The van der Waals surface area contributed by atoms with Crippen LogP contribution in [0, 0.1) is 35.5 Å². The van der Waals surface area contributed by atoms with Gasteiger partial charge >= 0.3 is 0 Å². The molecule has 0 spiro atoms. The van der Waals surface area contributed by atoms with E-state index in [9.17, 15) is 33.6 Å². The lowest BCUT2D eigenvalue weighted by atomic mass is 9.89. The minimum absolute atomic E-state index is 0.0633. The molecule has 26 nitrogen and oxygen atoms in total. The van der Waals surface area contributed by atoms with Crippen LogP contribution in [-0.2, 0) is 67.1 Å². The van der Waals surface area contributed by atoms with E-state index in [1.165, 1.54) is 92.5 Å². The van der Waals surface area contributed by atoms with Gasteiger partial charge in [0.2, 0.25) is 59.1 Å². The highest BCUT2D eigenvalue weighted by Gasteiger charge is 2.55. The summed E-state index contributed by atoms with van der Waals surface area (Å²) in [6.07, 6.45) is 2.47. The van der Waals surface area contributed by atoms with Crippen LogP contribution in [0.15, 0.2) is 0 Å². The number of ether oxygens (including phenoxy) is 2. The van der Waals surface area contributed by atoms with Crippen molar-refractivity contribution < 1.29 is 67.1 Å². The highest BCUT2D eigenvalue weighted by atomic mass is 16.7. The first-order chi connectivity index (χ1) is 43.9. The van der Waals surface area contributed by atoms with Crippen LogP contribution in [0.3, 0.4) is 0 Å². The van der Waals surface area contributed by atoms with Gasteiger partial charge in [-0.15, -0.1) is 0 Å². The van der Waals surface area contributed by atoms with Gasteiger partial charge in [-0.25, -0.2) is 5.06 Å². The molecule has 0 bridgehead atoms. The third-order valence-electron chi connectivity index (χ3n) is 18.8. The molecule has 0 aliphatic carbocycles. The molecule has 11 amide bonds. The second-order valence-corrected chi connectivity index (χ2v) is 28.6. The summed E-state index contributed by atoms with van der Waals surface area (Å²) in [5.74, 6) is -9.08. The SMILES string of the molecule is CCCC[C@@H](C)[C@H]1ON2C(=O)[C@H](C(C)C)N(C)C(=O)[C@H](CC(C)C)N(C)C(=O)[C@H](CC(C)C)N(C)C(=O)[C@@H](C)NC(=O)[C@H](C)NC(=O)[C@H](CC(C)C)N(C)C(=O)[C@H](C(C)C)NC(=O)C([C@@H](C)OCCCCN3CCOCC3)N(C)C(=O)[C@@H](C)N(C)C(=O)[C@H](CC)NC(=O)[C@H]12. The van der Waals surface area contributed by atoms with Gasteiger partial charge in [0.15, 0.2) is 6.04 Å². The Labute approximate surface area is 562 Å². The third kappa shape index (κ3) is 22.0. The van der Waals surface area contributed by atoms with Crippen LogP contribution in [-0.4, -0.2) is 265 Å².